The van der Waals surface area contributed by atoms with Crippen LogP contribution in [0.3, 0.4) is 0 Å². The Kier molecular flexibility index (Phi) is 27.0. The largest absolute Gasteiger partial charge is 0.501 e. The van der Waals surface area contributed by atoms with Gasteiger partial charge in [0.15, 0.2) is 0 Å². The Morgan fingerprint density at radius 1 is 0.774 bits per heavy atom. The number of sulfonamides is 1. The van der Waals surface area contributed by atoms with Crippen molar-refractivity contribution in [2.24, 2.45) is 10.8 Å². The van der Waals surface area contributed by atoms with Crippen molar-refractivity contribution < 1.29 is 63.8 Å². The molecule has 1 aliphatic carbocycles. The molecule has 6 saturated heterocycles. The Morgan fingerprint density at radius 2 is 1.43 bits per heavy atom. The van der Waals surface area contributed by atoms with Crippen molar-refractivity contribution in [1.82, 2.24) is 54.6 Å². The molecule has 5 N–H and O–H groups in total. The number of amides is 5. The molecular weight excluding hydrogens is 1580 g/mol. The number of aromatic nitrogens is 1. The first-order chi connectivity index (χ1) is 54.7. The number of carbonyl (C=O) groups excluding carboxylic acids is 5. The fraction of sp³-hybridized carbons (Fsp3) is 0.518. The summed E-state index contributed by atoms with van der Waals surface area (Å²) in [6.07, 6.45) is 3.35. The lowest BCUT2D eigenvalue weighted by atomic mass is 9.71. The number of anilines is 2. The van der Waals surface area contributed by atoms with Crippen LogP contribution in [-0.2, 0) is 43.8 Å². The standard InChI is InChI=1S/C83H105ClF3N13O11S4/c1-55(57-12-14-59(15-13-57)76-56(2)88-54-113-76)89-79(105)72-43-66(101)47-100(72)80(106)77(81(3,4)5)91-74(102)49-94-30-32-95(33-31-94)50-75(103)98-40-36-96(37-41-98)53-82(6)28-26-70(58-16-20-62(84)21-17-58)61(45-82)46-93-34-38-97(39-35-93)64-22-18-60(19-23-64)78(104)92-115(109,110)69-24-25-71(73(44-69)114(107,108)83(85,86)87)90-63(52-112-68-10-8-7-9-11-68)27-29-99-48-67-42-65(99)51-111-67/h7-25,44,54-55,63,65-67,72,77,90,101H,26-43,45-53H2,1-6H3,(H,89,105)(H,91,102)(H,92,104)/t55-,63+,65+,66+,67+,72-,77+,82+/m0/s1. The molecule has 6 fully saturated rings. The highest BCUT2D eigenvalue weighted by Crippen LogP contribution is 2.45. The maximum Gasteiger partial charge on any atom is 0.501 e. The number of hydrogen-bond donors (Lipinski definition) is 5. The van der Waals surface area contributed by atoms with Gasteiger partial charge in [-0.05, 0) is 146 Å². The number of alkyl halides is 3. The quantitative estimate of drug-likeness (QED) is 0.0286. The third kappa shape index (κ3) is 21.1. The number of aliphatic hydroxyl groups excluding tert-OH is 1. The molecule has 6 aromatic rings. The molecule has 5 aromatic carbocycles. The number of rotatable bonds is 28. The Morgan fingerprint density at radius 3 is 2.07 bits per heavy atom. The highest BCUT2D eigenvalue weighted by atomic mass is 35.5. The summed E-state index contributed by atoms with van der Waals surface area (Å²) in [4.78, 5) is 91.0. The van der Waals surface area contributed by atoms with E-state index < -0.39 is 82.3 Å². The monoisotopic (exact) mass is 1680 g/mol. The van der Waals surface area contributed by atoms with Crippen molar-refractivity contribution in [3.05, 3.63) is 160 Å². The second-order valence-electron chi connectivity index (χ2n) is 33.1. The first-order valence-corrected chi connectivity index (χ1v) is 44.8. The van der Waals surface area contributed by atoms with Crippen LogP contribution in [0.1, 0.15) is 106 Å². The normalized spacial score (nSPS) is 22.6. The number of benzene rings is 5. The molecule has 0 unspecified atom stereocenters. The minimum Gasteiger partial charge on any atom is -0.391 e. The van der Waals surface area contributed by atoms with Crippen LogP contribution in [0.25, 0.3) is 16.0 Å². The molecular formula is C83H105ClF3N13O11S4. The van der Waals surface area contributed by atoms with Crippen molar-refractivity contribution in [2.75, 3.05) is 147 Å². The number of aliphatic hydroxyl groups is 1. The summed E-state index contributed by atoms with van der Waals surface area (Å²) in [7, 11) is -11.0. The molecule has 1 aromatic heterocycles. The highest BCUT2D eigenvalue weighted by molar-refractivity contribution is 7.99. The zero-order valence-corrected chi connectivity index (χ0v) is 70.0. The van der Waals surface area contributed by atoms with Gasteiger partial charge in [-0.1, -0.05) is 99.5 Å². The van der Waals surface area contributed by atoms with Gasteiger partial charge in [-0.3, -0.25) is 48.5 Å². The summed E-state index contributed by atoms with van der Waals surface area (Å²) in [6.45, 7) is 23.4. The number of hydrogen-bond acceptors (Lipinski definition) is 21. The molecule has 7 aliphatic rings. The number of β-amino-alcohol motifs (C(OH)–C–C–N with tert-alkyl or cyclic N) is 1. The average Bonchev–Trinajstić information content (AvgIpc) is 1.47. The maximum absolute atomic E-state index is 14.5. The summed E-state index contributed by atoms with van der Waals surface area (Å²) in [5, 5.41) is 20.6. The van der Waals surface area contributed by atoms with Crippen molar-refractivity contribution in [3.8, 4) is 10.4 Å². The molecule has 32 heteroatoms. The highest BCUT2D eigenvalue weighted by Gasteiger charge is 2.50. The van der Waals surface area contributed by atoms with Crippen LogP contribution in [-0.4, -0.2) is 269 Å². The van der Waals surface area contributed by atoms with Crippen LogP contribution >= 0.6 is 34.7 Å². The summed E-state index contributed by atoms with van der Waals surface area (Å²) in [5.41, 5.74) is 2.32. The van der Waals surface area contributed by atoms with Gasteiger partial charge in [0, 0.05) is 157 Å². The Hall–Kier alpha value is -7.53. The van der Waals surface area contributed by atoms with E-state index in [1.807, 2.05) is 121 Å². The number of likely N-dealkylation sites (tertiary alicyclic amines) is 2. The van der Waals surface area contributed by atoms with Crippen LogP contribution in [0.2, 0.25) is 5.02 Å². The Bertz CT molecular complexity index is 4710. The van der Waals surface area contributed by atoms with E-state index in [0.717, 1.165) is 115 Å². The smallest absolute Gasteiger partial charge is 0.391 e. The van der Waals surface area contributed by atoms with E-state index in [4.69, 9.17) is 16.3 Å². The predicted octanol–water partition coefficient (Wildman–Crippen LogP) is 9.52. The lowest BCUT2D eigenvalue weighted by Gasteiger charge is -2.44. The number of ether oxygens (including phenoxy) is 1. The van der Waals surface area contributed by atoms with Gasteiger partial charge in [-0.25, -0.2) is 26.5 Å². The maximum atomic E-state index is 14.5. The first kappa shape index (κ1) is 85.4. The minimum absolute atomic E-state index is 0.0327. The van der Waals surface area contributed by atoms with Gasteiger partial charge in [0.1, 0.15) is 17.0 Å². The molecule has 5 amide bonds. The number of thiazole rings is 1. The zero-order chi connectivity index (χ0) is 81.7. The van der Waals surface area contributed by atoms with E-state index in [2.05, 4.69) is 64.5 Å². The van der Waals surface area contributed by atoms with Crippen molar-refractivity contribution in [3.63, 3.8) is 0 Å². The molecule has 620 valence electrons. The molecule has 7 heterocycles. The van der Waals surface area contributed by atoms with Gasteiger partial charge < -0.3 is 40.5 Å². The third-order valence-corrected chi connectivity index (χ3v) is 28.8. The SMILES string of the molecule is Cc1ncsc1-c1ccc([C@H](C)NC(=O)[C@@H]2C[C@@H](O)CN2C(=O)[C@@H](NC(=O)CN2CCN(CC(=O)N3CCN(C[C@]4(C)CCC(c5ccc(Cl)cc5)=C(CN5CCN(c6ccc(C(=O)NS(=O)(=O)c7ccc(N[C@H](CCN8C[C@H]9C[C@@H]8CO9)CSc8ccccc8)c(S(=O)(=O)C(F)(F)F)c7)cc6)CC5)C4)CC3)CC2)C(C)(C)C)cc1. The summed E-state index contributed by atoms with van der Waals surface area (Å²) in [5.74, 6) is -1.76. The molecule has 13 rings (SSSR count). The van der Waals surface area contributed by atoms with E-state index in [0.29, 0.717) is 95.3 Å². The number of carbonyl (C=O) groups is 5. The van der Waals surface area contributed by atoms with Crippen molar-refractivity contribution >= 4 is 101 Å². The number of piperazine rings is 3. The van der Waals surface area contributed by atoms with Gasteiger partial charge in [-0.15, -0.1) is 23.1 Å². The molecule has 0 radical (unpaired) electrons. The number of nitrogens with one attached hydrogen (secondary N) is 4. The fourth-order valence-corrected chi connectivity index (χ4v) is 20.9. The van der Waals surface area contributed by atoms with E-state index >= 15 is 0 Å². The van der Waals surface area contributed by atoms with Gasteiger partial charge >= 0.3 is 5.51 Å². The first-order valence-electron chi connectivity index (χ1n) is 39.6. The van der Waals surface area contributed by atoms with E-state index in [-0.39, 0.29) is 72.9 Å². The Balaban J connectivity index is 0.560. The zero-order valence-electron chi connectivity index (χ0n) is 66.0. The lowest BCUT2D eigenvalue weighted by Crippen LogP contribution is -2.59. The van der Waals surface area contributed by atoms with Gasteiger partial charge in [0.2, 0.25) is 23.6 Å². The molecule has 6 aliphatic heterocycles. The molecule has 8 atom stereocenters. The molecule has 2 bridgehead atoms. The number of sulfone groups is 1. The molecule has 0 saturated carbocycles. The second-order valence-corrected chi connectivity index (χ2v) is 39.1. The molecule has 0 spiro atoms. The number of allylic oxidation sites excluding steroid dienone is 1. The second kappa shape index (κ2) is 36.4. The van der Waals surface area contributed by atoms with Gasteiger partial charge in [0.05, 0.1) is 64.6 Å². The Labute approximate surface area is 685 Å². The van der Waals surface area contributed by atoms with Gasteiger partial charge in [-0.2, -0.15) is 13.2 Å². The van der Waals surface area contributed by atoms with E-state index in [9.17, 15) is 59.1 Å². The third-order valence-electron chi connectivity index (χ3n) is 23.5. The minimum atomic E-state index is -6.11. The topological polar surface area (TPSA) is 270 Å². The number of nitrogens with zero attached hydrogens (tertiary/aromatic N) is 9. The lowest BCUT2D eigenvalue weighted by molar-refractivity contribution is -0.144. The van der Waals surface area contributed by atoms with Crippen LogP contribution < -0.4 is 25.6 Å². The van der Waals surface area contributed by atoms with Gasteiger partial charge in [0.25, 0.3) is 25.8 Å². The average molecular weight is 1680 g/mol. The molecule has 24 nitrogen and oxygen atoms in total. The van der Waals surface area contributed by atoms with Crippen LogP contribution in [0.5, 0.6) is 0 Å². The fourth-order valence-electron chi connectivity index (χ4n) is 17.0. The molecule has 115 heavy (non-hydrogen) atoms. The van der Waals surface area contributed by atoms with Crippen LogP contribution in [0.4, 0.5) is 24.5 Å². The van der Waals surface area contributed by atoms with Crippen molar-refractivity contribution in [1.29, 1.82) is 0 Å². The summed E-state index contributed by atoms with van der Waals surface area (Å²) >= 11 is 9.43. The van der Waals surface area contributed by atoms with E-state index in [1.54, 1.807) is 23.5 Å². The number of aryl methyl sites for hydroxylation is 1. The summed E-state index contributed by atoms with van der Waals surface area (Å²) < 4.78 is 106. The van der Waals surface area contributed by atoms with Crippen LogP contribution in [0, 0.1) is 17.8 Å². The number of morpholine rings is 1. The number of thioether (sulfide) groups is 1. The predicted molar refractivity (Wildman–Crippen MR) is 441 cm³/mol. The van der Waals surface area contributed by atoms with Crippen molar-refractivity contribution in [2.45, 2.75) is 143 Å². The van der Waals surface area contributed by atoms with Crippen LogP contribution in [0.15, 0.2) is 147 Å². The number of fused-ring (bicyclic) bond motifs is 2. The van der Waals surface area contributed by atoms with E-state index in [1.165, 1.54) is 39.9 Å². The number of halogens is 4. The summed E-state index contributed by atoms with van der Waals surface area (Å²) in [6, 6.07) is 31.6.